The second-order valence-corrected chi connectivity index (χ2v) is 4.61. The van der Waals surface area contributed by atoms with Crippen molar-refractivity contribution < 1.29 is 14.2 Å². The fraction of sp³-hybridized carbons (Fsp3) is 0.357. The van der Waals surface area contributed by atoms with Gasteiger partial charge in [-0.2, -0.15) is 4.74 Å². The Hall–Kier alpha value is -1.65. The fourth-order valence-corrected chi connectivity index (χ4v) is 1.91. The van der Waals surface area contributed by atoms with Gasteiger partial charge < -0.3 is 14.7 Å². The third kappa shape index (κ3) is 2.78. The quantitative estimate of drug-likeness (QED) is 0.271. The minimum Gasteiger partial charge on any atom is -0.618 e. The van der Waals surface area contributed by atoms with Gasteiger partial charge in [-0.1, -0.05) is 24.3 Å². The average Bonchev–Trinajstić information content (AvgIpc) is 2.65. The third-order valence-corrected chi connectivity index (χ3v) is 2.69. The molecule has 1 fully saturated rings. The molecule has 1 saturated heterocycles. The van der Waals surface area contributed by atoms with Crippen molar-refractivity contribution in [3.05, 3.63) is 48.2 Å². The van der Waals surface area contributed by atoms with Gasteiger partial charge in [0.1, 0.15) is 6.10 Å². The van der Waals surface area contributed by atoms with E-state index in [-0.39, 0.29) is 6.10 Å². The Labute approximate surface area is 107 Å². The van der Waals surface area contributed by atoms with Gasteiger partial charge in [-0.3, -0.25) is 0 Å². The van der Waals surface area contributed by atoms with Gasteiger partial charge in [-0.05, 0) is 13.8 Å². The van der Waals surface area contributed by atoms with Crippen LogP contribution in [0.4, 0.5) is 5.69 Å². The molecule has 1 aliphatic heterocycles. The van der Waals surface area contributed by atoms with Gasteiger partial charge in [0.15, 0.2) is 18.1 Å². The van der Waals surface area contributed by atoms with Gasteiger partial charge in [-0.25, -0.2) is 0 Å². The van der Waals surface area contributed by atoms with E-state index >= 15 is 0 Å². The summed E-state index contributed by atoms with van der Waals surface area (Å²) in [6.45, 7) is 7.32. The van der Waals surface area contributed by atoms with Crippen molar-refractivity contribution in [3.8, 4) is 0 Å². The summed E-state index contributed by atoms with van der Waals surface area (Å²) in [6.07, 6.45) is 2.39. The molecule has 0 amide bonds. The standard InChI is InChI=1S/C14H17NO3/c1-4-12-13(18-14(2,3)17-12)10-15(16)11-8-6-5-7-9-11/h4-10,12-13H,1H2,2-3H3/b15-10+/t12-,13+/m1/s1. The highest BCUT2D eigenvalue weighted by Gasteiger charge is 2.40. The summed E-state index contributed by atoms with van der Waals surface area (Å²) in [6, 6.07) is 8.98. The van der Waals surface area contributed by atoms with Crippen LogP contribution in [0.5, 0.6) is 0 Å². The second kappa shape index (κ2) is 4.92. The Morgan fingerprint density at radius 1 is 1.22 bits per heavy atom. The minimum absolute atomic E-state index is 0.305. The van der Waals surface area contributed by atoms with Crippen molar-refractivity contribution in [1.29, 1.82) is 0 Å². The van der Waals surface area contributed by atoms with Crippen LogP contribution < -0.4 is 0 Å². The van der Waals surface area contributed by atoms with E-state index in [0.29, 0.717) is 5.69 Å². The van der Waals surface area contributed by atoms with Crippen LogP contribution in [0.1, 0.15) is 13.8 Å². The number of hydrogen-bond acceptors (Lipinski definition) is 3. The predicted octanol–water partition coefficient (Wildman–Crippen LogP) is 2.61. The first-order chi connectivity index (χ1) is 8.52. The molecular formula is C14H17NO3. The van der Waals surface area contributed by atoms with Crippen LogP contribution in [-0.4, -0.2) is 28.9 Å². The van der Waals surface area contributed by atoms with Crippen molar-refractivity contribution in [2.45, 2.75) is 31.8 Å². The fourth-order valence-electron chi connectivity index (χ4n) is 1.91. The molecule has 1 aromatic carbocycles. The highest BCUT2D eigenvalue weighted by molar-refractivity contribution is 5.62. The minimum atomic E-state index is -0.697. The monoisotopic (exact) mass is 247 g/mol. The zero-order valence-corrected chi connectivity index (χ0v) is 10.6. The number of para-hydroxylation sites is 1. The molecule has 0 spiro atoms. The Kier molecular flexibility index (Phi) is 3.50. The lowest BCUT2D eigenvalue weighted by atomic mass is 10.2. The number of nitrogens with zero attached hydrogens (tertiary/aromatic N) is 1. The van der Waals surface area contributed by atoms with Crippen molar-refractivity contribution in [1.82, 2.24) is 0 Å². The second-order valence-electron chi connectivity index (χ2n) is 4.61. The summed E-state index contributed by atoms with van der Waals surface area (Å²) >= 11 is 0. The first-order valence-corrected chi connectivity index (χ1v) is 5.86. The van der Waals surface area contributed by atoms with E-state index in [9.17, 15) is 5.21 Å². The molecule has 0 aromatic heterocycles. The van der Waals surface area contributed by atoms with Crippen LogP contribution in [0, 0.1) is 5.21 Å². The smallest absolute Gasteiger partial charge is 0.216 e. The summed E-state index contributed by atoms with van der Waals surface area (Å²) < 4.78 is 12.1. The first-order valence-electron chi connectivity index (χ1n) is 5.86. The van der Waals surface area contributed by atoms with E-state index in [1.54, 1.807) is 18.2 Å². The van der Waals surface area contributed by atoms with E-state index in [1.165, 1.54) is 6.21 Å². The van der Waals surface area contributed by atoms with E-state index < -0.39 is 11.9 Å². The molecule has 4 heteroatoms. The molecule has 2 rings (SSSR count). The maximum absolute atomic E-state index is 12.0. The molecule has 0 saturated carbocycles. The first kappa shape index (κ1) is 12.8. The van der Waals surface area contributed by atoms with Gasteiger partial charge in [0.25, 0.3) is 0 Å². The summed E-state index contributed by atoms with van der Waals surface area (Å²) in [5.41, 5.74) is 0.564. The molecule has 96 valence electrons. The van der Waals surface area contributed by atoms with E-state index in [4.69, 9.17) is 9.47 Å². The van der Waals surface area contributed by atoms with Crippen LogP contribution in [0.3, 0.4) is 0 Å². The molecule has 1 heterocycles. The third-order valence-electron chi connectivity index (χ3n) is 2.69. The van der Waals surface area contributed by atoms with Gasteiger partial charge in [0, 0.05) is 12.1 Å². The Morgan fingerprint density at radius 2 is 1.83 bits per heavy atom. The summed E-state index contributed by atoms with van der Waals surface area (Å²) in [5, 5.41) is 12.0. The topological polar surface area (TPSA) is 44.5 Å². The largest absolute Gasteiger partial charge is 0.618 e. The maximum Gasteiger partial charge on any atom is 0.216 e. The highest BCUT2D eigenvalue weighted by atomic mass is 16.7. The molecule has 1 aromatic rings. The molecule has 1 aliphatic rings. The van der Waals surface area contributed by atoms with E-state index in [1.807, 2.05) is 32.0 Å². The Morgan fingerprint density at radius 3 is 2.44 bits per heavy atom. The zero-order chi connectivity index (χ0) is 13.2. The lowest BCUT2D eigenvalue weighted by molar-refractivity contribution is -0.359. The number of benzene rings is 1. The van der Waals surface area contributed by atoms with Crippen LogP contribution in [0.2, 0.25) is 0 Å². The molecule has 4 nitrogen and oxygen atoms in total. The van der Waals surface area contributed by atoms with Crippen LogP contribution in [0.15, 0.2) is 43.0 Å². The van der Waals surface area contributed by atoms with Crippen molar-refractivity contribution >= 4 is 11.9 Å². The van der Waals surface area contributed by atoms with Gasteiger partial charge in [0.05, 0.1) is 0 Å². The summed E-state index contributed by atoms with van der Waals surface area (Å²) in [5.74, 6) is -0.697. The number of hydrogen-bond donors (Lipinski definition) is 0. The predicted molar refractivity (Wildman–Crippen MR) is 69.8 cm³/mol. The summed E-state index contributed by atoms with van der Waals surface area (Å²) in [4.78, 5) is 0. The SMILES string of the molecule is C=C[C@H]1OC(C)(C)O[C@H]1/C=[N+](/[O-])c1ccccc1. The molecule has 0 N–H and O–H groups in total. The highest BCUT2D eigenvalue weighted by Crippen LogP contribution is 2.28. The average molecular weight is 247 g/mol. The molecule has 0 radical (unpaired) electrons. The van der Waals surface area contributed by atoms with Crippen molar-refractivity contribution in [2.24, 2.45) is 0 Å². The maximum atomic E-state index is 12.0. The van der Waals surface area contributed by atoms with E-state index in [0.717, 1.165) is 4.74 Å². The lowest BCUT2D eigenvalue weighted by Crippen LogP contribution is -2.25. The normalized spacial score (nSPS) is 27.1. The van der Waals surface area contributed by atoms with Crippen LogP contribution in [0.25, 0.3) is 0 Å². The van der Waals surface area contributed by atoms with Crippen molar-refractivity contribution in [2.75, 3.05) is 0 Å². The zero-order valence-electron chi connectivity index (χ0n) is 10.6. The molecule has 0 unspecified atom stereocenters. The van der Waals surface area contributed by atoms with Crippen molar-refractivity contribution in [3.63, 3.8) is 0 Å². The number of ether oxygens (including phenoxy) is 2. The molecule has 2 atom stereocenters. The Bertz CT molecular complexity index is 453. The van der Waals surface area contributed by atoms with Gasteiger partial charge >= 0.3 is 0 Å². The molecular weight excluding hydrogens is 230 g/mol. The van der Waals surface area contributed by atoms with Crippen LogP contribution >= 0.6 is 0 Å². The molecule has 0 aliphatic carbocycles. The van der Waals surface area contributed by atoms with Gasteiger partial charge in [-0.15, -0.1) is 6.58 Å². The van der Waals surface area contributed by atoms with Gasteiger partial charge in [0.2, 0.25) is 5.69 Å². The molecule has 0 bridgehead atoms. The van der Waals surface area contributed by atoms with E-state index in [2.05, 4.69) is 6.58 Å². The van der Waals surface area contributed by atoms with Crippen LogP contribution in [-0.2, 0) is 9.47 Å². The Balaban J connectivity index is 2.20. The lowest BCUT2D eigenvalue weighted by Gasteiger charge is -2.15. The molecule has 18 heavy (non-hydrogen) atoms. The number of rotatable bonds is 3. The summed E-state index contributed by atoms with van der Waals surface area (Å²) in [7, 11) is 0.